The Morgan fingerprint density at radius 3 is 2.48 bits per heavy atom. The van der Waals surface area contributed by atoms with Crippen molar-refractivity contribution in [2.75, 3.05) is 26.1 Å². The van der Waals surface area contributed by atoms with E-state index in [0.29, 0.717) is 5.56 Å². The maximum absolute atomic E-state index is 11.9. The third kappa shape index (κ3) is 5.38. The SMILES string of the molecule is COc1ccc(CCNc2ccc(C(=O)NC(C)C)cn2)cc1OC. The lowest BCUT2D eigenvalue weighted by Gasteiger charge is -2.11. The quantitative estimate of drug-likeness (QED) is 0.771. The van der Waals surface area contributed by atoms with E-state index in [1.54, 1.807) is 26.5 Å². The Bertz CT molecular complexity index is 700. The van der Waals surface area contributed by atoms with E-state index in [2.05, 4.69) is 15.6 Å². The number of amides is 1. The minimum absolute atomic E-state index is 0.104. The Hall–Kier alpha value is -2.76. The summed E-state index contributed by atoms with van der Waals surface area (Å²) in [5, 5.41) is 6.09. The van der Waals surface area contributed by atoms with E-state index in [9.17, 15) is 4.79 Å². The second-order valence-corrected chi connectivity index (χ2v) is 5.93. The molecule has 0 aliphatic rings. The minimum atomic E-state index is -0.112. The number of carbonyl (C=O) groups is 1. The van der Waals surface area contributed by atoms with E-state index in [-0.39, 0.29) is 11.9 Å². The van der Waals surface area contributed by atoms with E-state index in [1.807, 2.05) is 38.1 Å². The first-order valence-corrected chi connectivity index (χ1v) is 8.25. The monoisotopic (exact) mass is 343 g/mol. The molecule has 0 saturated carbocycles. The van der Waals surface area contributed by atoms with Gasteiger partial charge in [0.15, 0.2) is 11.5 Å². The molecule has 1 aromatic heterocycles. The van der Waals surface area contributed by atoms with Crippen molar-refractivity contribution in [2.24, 2.45) is 0 Å². The molecule has 0 atom stereocenters. The summed E-state index contributed by atoms with van der Waals surface area (Å²) in [5.74, 6) is 2.07. The highest BCUT2D eigenvalue weighted by molar-refractivity contribution is 5.94. The molecule has 0 unspecified atom stereocenters. The third-order valence-electron chi connectivity index (χ3n) is 3.61. The van der Waals surface area contributed by atoms with Crippen LogP contribution in [0.5, 0.6) is 11.5 Å². The molecule has 0 aliphatic heterocycles. The molecule has 1 amide bonds. The molecule has 2 rings (SSSR count). The highest BCUT2D eigenvalue weighted by atomic mass is 16.5. The summed E-state index contributed by atoms with van der Waals surface area (Å²) in [7, 11) is 3.25. The van der Waals surface area contributed by atoms with Crippen molar-refractivity contribution >= 4 is 11.7 Å². The Kier molecular flexibility index (Phi) is 6.62. The molecule has 0 spiro atoms. The number of anilines is 1. The van der Waals surface area contributed by atoms with Gasteiger partial charge in [0, 0.05) is 18.8 Å². The predicted molar refractivity (Wildman–Crippen MR) is 98.6 cm³/mol. The summed E-state index contributed by atoms with van der Waals surface area (Å²) in [4.78, 5) is 16.2. The molecular formula is C19H25N3O3. The van der Waals surface area contributed by atoms with Crippen LogP contribution in [0.2, 0.25) is 0 Å². The van der Waals surface area contributed by atoms with Crippen molar-refractivity contribution in [3.8, 4) is 11.5 Å². The molecule has 2 N–H and O–H groups in total. The number of nitrogens with zero attached hydrogens (tertiary/aromatic N) is 1. The fourth-order valence-electron chi connectivity index (χ4n) is 2.35. The number of nitrogens with one attached hydrogen (secondary N) is 2. The number of rotatable bonds is 8. The van der Waals surface area contributed by atoms with Crippen LogP contribution in [0, 0.1) is 0 Å². The van der Waals surface area contributed by atoms with E-state index in [0.717, 1.165) is 35.8 Å². The average Bonchev–Trinajstić information content (AvgIpc) is 2.61. The first kappa shape index (κ1) is 18.6. The maximum Gasteiger partial charge on any atom is 0.253 e. The lowest BCUT2D eigenvalue weighted by Crippen LogP contribution is -2.30. The molecule has 0 aliphatic carbocycles. The van der Waals surface area contributed by atoms with Gasteiger partial charge in [0.1, 0.15) is 5.82 Å². The van der Waals surface area contributed by atoms with Gasteiger partial charge in [-0.2, -0.15) is 0 Å². The number of methoxy groups -OCH3 is 2. The maximum atomic E-state index is 11.9. The fraction of sp³-hybridized carbons (Fsp3) is 0.368. The van der Waals surface area contributed by atoms with Crippen LogP contribution >= 0.6 is 0 Å². The van der Waals surface area contributed by atoms with E-state index in [4.69, 9.17) is 9.47 Å². The van der Waals surface area contributed by atoms with Crippen molar-refractivity contribution in [3.63, 3.8) is 0 Å². The number of aromatic nitrogens is 1. The number of benzene rings is 1. The number of ether oxygens (including phenoxy) is 2. The van der Waals surface area contributed by atoms with Crippen LogP contribution in [0.15, 0.2) is 36.5 Å². The van der Waals surface area contributed by atoms with Gasteiger partial charge in [-0.05, 0) is 50.1 Å². The molecule has 0 saturated heterocycles. The predicted octanol–water partition coefficient (Wildman–Crippen LogP) is 2.89. The van der Waals surface area contributed by atoms with Crippen molar-refractivity contribution in [1.82, 2.24) is 10.3 Å². The van der Waals surface area contributed by atoms with Crippen LogP contribution in [-0.2, 0) is 6.42 Å². The lowest BCUT2D eigenvalue weighted by molar-refractivity contribution is 0.0943. The molecule has 6 heteroatoms. The summed E-state index contributed by atoms with van der Waals surface area (Å²) in [6.45, 7) is 4.57. The van der Waals surface area contributed by atoms with Gasteiger partial charge < -0.3 is 20.1 Å². The van der Waals surface area contributed by atoms with E-state index in [1.165, 1.54) is 0 Å². The van der Waals surface area contributed by atoms with E-state index < -0.39 is 0 Å². The number of pyridine rings is 1. The molecular weight excluding hydrogens is 318 g/mol. The van der Waals surface area contributed by atoms with Crippen LogP contribution < -0.4 is 20.1 Å². The summed E-state index contributed by atoms with van der Waals surface area (Å²) < 4.78 is 10.5. The Morgan fingerprint density at radius 2 is 1.88 bits per heavy atom. The van der Waals surface area contributed by atoms with Crippen LogP contribution in [-0.4, -0.2) is 37.7 Å². The second kappa shape index (κ2) is 8.92. The average molecular weight is 343 g/mol. The van der Waals surface area contributed by atoms with Crippen LogP contribution in [0.1, 0.15) is 29.8 Å². The molecule has 25 heavy (non-hydrogen) atoms. The molecule has 0 radical (unpaired) electrons. The topological polar surface area (TPSA) is 72.5 Å². The number of hydrogen-bond donors (Lipinski definition) is 2. The van der Waals surface area contributed by atoms with Crippen molar-refractivity contribution < 1.29 is 14.3 Å². The Morgan fingerprint density at radius 1 is 1.12 bits per heavy atom. The summed E-state index contributed by atoms with van der Waals surface area (Å²) in [6, 6.07) is 9.55. The molecule has 6 nitrogen and oxygen atoms in total. The highest BCUT2D eigenvalue weighted by Crippen LogP contribution is 2.27. The summed E-state index contributed by atoms with van der Waals surface area (Å²) in [5.41, 5.74) is 1.69. The van der Waals surface area contributed by atoms with Crippen molar-refractivity contribution in [3.05, 3.63) is 47.7 Å². The first-order valence-electron chi connectivity index (χ1n) is 8.25. The summed E-state index contributed by atoms with van der Waals surface area (Å²) in [6.07, 6.45) is 2.40. The Labute approximate surface area is 148 Å². The van der Waals surface area contributed by atoms with Gasteiger partial charge >= 0.3 is 0 Å². The molecule has 1 heterocycles. The number of carbonyl (C=O) groups excluding carboxylic acids is 1. The van der Waals surface area contributed by atoms with Crippen molar-refractivity contribution in [1.29, 1.82) is 0 Å². The molecule has 0 fully saturated rings. The summed E-state index contributed by atoms with van der Waals surface area (Å²) >= 11 is 0. The molecule has 134 valence electrons. The Balaban J connectivity index is 1.88. The molecule has 2 aromatic rings. The van der Waals surface area contributed by atoms with Gasteiger partial charge in [-0.3, -0.25) is 4.79 Å². The van der Waals surface area contributed by atoms with E-state index >= 15 is 0 Å². The van der Waals surface area contributed by atoms with Gasteiger partial charge in [-0.1, -0.05) is 6.07 Å². The van der Waals surface area contributed by atoms with Gasteiger partial charge in [0.05, 0.1) is 19.8 Å². The highest BCUT2D eigenvalue weighted by Gasteiger charge is 2.07. The smallest absolute Gasteiger partial charge is 0.253 e. The largest absolute Gasteiger partial charge is 0.493 e. The minimum Gasteiger partial charge on any atom is -0.493 e. The zero-order chi connectivity index (χ0) is 18.2. The normalized spacial score (nSPS) is 10.4. The fourth-order valence-corrected chi connectivity index (χ4v) is 2.35. The molecule has 0 bridgehead atoms. The standard InChI is InChI=1S/C19H25N3O3/c1-13(2)22-19(23)15-6-8-18(21-12-15)20-10-9-14-5-7-16(24-3)17(11-14)25-4/h5-8,11-13H,9-10H2,1-4H3,(H,20,21)(H,22,23). The van der Waals surface area contributed by atoms with Crippen molar-refractivity contribution in [2.45, 2.75) is 26.3 Å². The van der Waals surface area contributed by atoms with Crippen LogP contribution in [0.4, 0.5) is 5.82 Å². The lowest BCUT2D eigenvalue weighted by atomic mass is 10.1. The number of hydrogen-bond acceptors (Lipinski definition) is 5. The van der Waals surface area contributed by atoms with Gasteiger partial charge in [-0.25, -0.2) is 4.98 Å². The molecule has 1 aromatic carbocycles. The zero-order valence-corrected chi connectivity index (χ0v) is 15.1. The second-order valence-electron chi connectivity index (χ2n) is 5.93. The van der Waals surface area contributed by atoms with Crippen LogP contribution in [0.25, 0.3) is 0 Å². The van der Waals surface area contributed by atoms with Crippen LogP contribution in [0.3, 0.4) is 0 Å². The van der Waals surface area contributed by atoms with Gasteiger partial charge in [0.25, 0.3) is 5.91 Å². The zero-order valence-electron chi connectivity index (χ0n) is 15.1. The van der Waals surface area contributed by atoms with Gasteiger partial charge in [0.2, 0.25) is 0 Å². The van der Waals surface area contributed by atoms with Gasteiger partial charge in [-0.15, -0.1) is 0 Å². The first-order chi connectivity index (χ1) is 12.0. The third-order valence-corrected chi connectivity index (χ3v) is 3.61.